The van der Waals surface area contributed by atoms with Crippen LogP contribution >= 0.6 is 0 Å². The van der Waals surface area contributed by atoms with Crippen molar-refractivity contribution in [3.63, 3.8) is 0 Å². The number of halogens is 1. The number of amides is 1. The van der Waals surface area contributed by atoms with Crippen LogP contribution in [-0.2, 0) is 0 Å². The van der Waals surface area contributed by atoms with E-state index in [1.165, 1.54) is 6.07 Å². The van der Waals surface area contributed by atoms with Crippen LogP contribution in [-0.4, -0.2) is 28.5 Å². The minimum Gasteiger partial charge on any atom is -0.339 e. The Bertz CT molecular complexity index is 684. The second-order valence-electron chi connectivity index (χ2n) is 5.57. The molecule has 3 rings (SSSR count). The van der Waals surface area contributed by atoms with E-state index in [-0.39, 0.29) is 11.7 Å². The Balaban J connectivity index is 2.04. The van der Waals surface area contributed by atoms with Gasteiger partial charge in [0.15, 0.2) is 0 Å². The first-order valence-electron chi connectivity index (χ1n) is 7.32. The molecule has 0 unspecified atom stereocenters. The van der Waals surface area contributed by atoms with Crippen molar-refractivity contribution in [3.05, 3.63) is 53.1 Å². The molecule has 1 aromatic heterocycles. The molecule has 0 aliphatic carbocycles. The minimum atomic E-state index is -0.278. The second kappa shape index (κ2) is 5.35. The van der Waals surface area contributed by atoms with E-state index in [0.717, 1.165) is 37.3 Å². The van der Waals surface area contributed by atoms with Gasteiger partial charge in [0.2, 0.25) is 0 Å². The smallest absolute Gasteiger partial charge is 0.255 e. The maximum atomic E-state index is 14.0. The van der Waals surface area contributed by atoms with E-state index in [1.54, 1.807) is 18.2 Å². The highest BCUT2D eigenvalue weighted by molar-refractivity contribution is 5.96. The highest BCUT2D eigenvalue weighted by Gasteiger charge is 2.24. The van der Waals surface area contributed by atoms with Crippen molar-refractivity contribution in [1.82, 2.24) is 9.47 Å². The van der Waals surface area contributed by atoms with Gasteiger partial charge in [-0.3, -0.25) is 4.79 Å². The highest BCUT2D eigenvalue weighted by Crippen LogP contribution is 2.24. The summed E-state index contributed by atoms with van der Waals surface area (Å²) in [5, 5.41) is 0. The first-order chi connectivity index (χ1) is 10.1. The summed E-state index contributed by atoms with van der Waals surface area (Å²) in [6.45, 7) is 5.42. The van der Waals surface area contributed by atoms with Gasteiger partial charge in [-0.25, -0.2) is 4.39 Å². The summed E-state index contributed by atoms with van der Waals surface area (Å²) < 4.78 is 15.8. The molecule has 0 atom stereocenters. The van der Waals surface area contributed by atoms with Gasteiger partial charge in [-0.2, -0.15) is 0 Å². The van der Waals surface area contributed by atoms with Gasteiger partial charge < -0.3 is 9.47 Å². The summed E-state index contributed by atoms with van der Waals surface area (Å²) in [6.07, 6.45) is 2.13. The van der Waals surface area contributed by atoms with Crippen molar-refractivity contribution < 1.29 is 9.18 Å². The fourth-order valence-electron chi connectivity index (χ4n) is 3.07. The van der Waals surface area contributed by atoms with Crippen molar-refractivity contribution >= 4 is 5.91 Å². The molecule has 1 saturated heterocycles. The molecule has 1 aliphatic rings. The molecule has 1 fully saturated rings. The zero-order valence-corrected chi connectivity index (χ0v) is 12.4. The minimum absolute atomic E-state index is 0.0585. The number of hydrogen-bond donors (Lipinski definition) is 0. The Kier molecular flexibility index (Phi) is 3.53. The van der Waals surface area contributed by atoms with Gasteiger partial charge in [0.25, 0.3) is 5.91 Å². The number of para-hydroxylation sites is 1. The number of carbonyl (C=O) groups is 1. The topological polar surface area (TPSA) is 25.2 Å². The van der Waals surface area contributed by atoms with E-state index in [0.29, 0.717) is 11.3 Å². The largest absolute Gasteiger partial charge is 0.339 e. The summed E-state index contributed by atoms with van der Waals surface area (Å²) in [5.41, 5.74) is 2.85. The van der Waals surface area contributed by atoms with Crippen molar-refractivity contribution in [1.29, 1.82) is 0 Å². The number of rotatable bonds is 2. The number of nitrogens with zero attached hydrogens (tertiary/aromatic N) is 2. The third-order valence-electron chi connectivity index (χ3n) is 4.15. The molecule has 2 heterocycles. The van der Waals surface area contributed by atoms with Crippen LogP contribution in [0.3, 0.4) is 0 Å². The standard InChI is InChI=1S/C17H19FN2O/c1-12-11-14(17(21)19-9-5-6-10-19)13(2)20(12)16-8-4-3-7-15(16)18/h3-4,7-8,11H,5-6,9-10H2,1-2H3. The predicted octanol–water partition coefficient (Wildman–Crippen LogP) is 3.47. The zero-order chi connectivity index (χ0) is 15.0. The van der Waals surface area contributed by atoms with Gasteiger partial charge in [0.1, 0.15) is 5.82 Å². The maximum absolute atomic E-state index is 14.0. The van der Waals surface area contributed by atoms with Crippen molar-refractivity contribution in [2.45, 2.75) is 26.7 Å². The second-order valence-corrected chi connectivity index (χ2v) is 5.57. The summed E-state index contributed by atoms with van der Waals surface area (Å²) in [7, 11) is 0. The summed E-state index contributed by atoms with van der Waals surface area (Å²) >= 11 is 0. The molecule has 2 aromatic rings. The summed E-state index contributed by atoms with van der Waals surface area (Å²) in [5.74, 6) is -0.220. The lowest BCUT2D eigenvalue weighted by Crippen LogP contribution is -2.27. The third kappa shape index (κ3) is 2.35. The number of aryl methyl sites for hydroxylation is 1. The number of carbonyl (C=O) groups excluding carboxylic acids is 1. The third-order valence-corrected chi connectivity index (χ3v) is 4.15. The molecule has 0 N–H and O–H groups in total. The molecule has 3 nitrogen and oxygen atoms in total. The Morgan fingerprint density at radius 1 is 1.14 bits per heavy atom. The maximum Gasteiger partial charge on any atom is 0.255 e. The van der Waals surface area contributed by atoms with Crippen molar-refractivity contribution in [2.75, 3.05) is 13.1 Å². The van der Waals surface area contributed by atoms with Gasteiger partial charge in [0, 0.05) is 24.5 Å². The Labute approximate surface area is 124 Å². The molecule has 21 heavy (non-hydrogen) atoms. The average molecular weight is 286 g/mol. The normalized spacial score (nSPS) is 14.7. The Morgan fingerprint density at radius 3 is 2.48 bits per heavy atom. The first-order valence-corrected chi connectivity index (χ1v) is 7.32. The highest BCUT2D eigenvalue weighted by atomic mass is 19.1. The lowest BCUT2D eigenvalue weighted by Gasteiger charge is -2.15. The lowest BCUT2D eigenvalue weighted by molar-refractivity contribution is 0.0792. The Hall–Kier alpha value is -2.10. The predicted molar refractivity (Wildman–Crippen MR) is 80.3 cm³/mol. The summed E-state index contributed by atoms with van der Waals surface area (Å²) in [4.78, 5) is 14.5. The van der Waals surface area contributed by atoms with Crippen LogP contribution in [0, 0.1) is 19.7 Å². The Morgan fingerprint density at radius 2 is 1.81 bits per heavy atom. The average Bonchev–Trinajstić information content (AvgIpc) is 3.08. The van der Waals surface area contributed by atoms with E-state index in [2.05, 4.69) is 0 Å². The lowest BCUT2D eigenvalue weighted by atomic mass is 10.2. The van der Waals surface area contributed by atoms with Gasteiger partial charge in [-0.15, -0.1) is 0 Å². The monoisotopic (exact) mass is 286 g/mol. The fraction of sp³-hybridized carbons (Fsp3) is 0.353. The molecule has 0 radical (unpaired) electrons. The van der Waals surface area contributed by atoms with Gasteiger partial charge in [0.05, 0.1) is 11.3 Å². The van der Waals surface area contributed by atoms with E-state index >= 15 is 0 Å². The van der Waals surface area contributed by atoms with Gasteiger partial charge in [-0.05, 0) is 44.9 Å². The van der Waals surface area contributed by atoms with Crippen molar-refractivity contribution in [2.24, 2.45) is 0 Å². The van der Waals surface area contributed by atoms with Crippen LogP contribution in [0.25, 0.3) is 5.69 Å². The molecule has 1 aromatic carbocycles. The van der Waals surface area contributed by atoms with E-state index < -0.39 is 0 Å². The quantitative estimate of drug-likeness (QED) is 0.830. The number of benzene rings is 1. The zero-order valence-electron chi connectivity index (χ0n) is 12.4. The van der Waals surface area contributed by atoms with Crippen molar-refractivity contribution in [3.8, 4) is 5.69 Å². The molecular weight excluding hydrogens is 267 g/mol. The molecule has 1 amide bonds. The number of hydrogen-bond acceptors (Lipinski definition) is 1. The van der Waals surface area contributed by atoms with Crippen LogP contribution in [0.1, 0.15) is 34.6 Å². The van der Waals surface area contributed by atoms with Gasteiger partial charge in [-0.1, -0.05) is 12.1 Å². The molecule has 4 heteroatoms. The molecule has 1 aliphatic heterocycles. The number of likely N-dealkylation sites (tertiary alicyclic amines) is 1. The molecule has 0 saturated carbocycles. The summed E-state index contributed by atoms with van der Waals surface area (Å²) in [6, 6.07) is 8.51. The van der Waals surface area contributed by atoms with Crippen LogP contribution in [0.5, 0.6) is 0 Å². The molecule has 0 bridgehead atoms. The number of aromatic nitrogens is 1. The first kappa shape index (κ1) is 13.9. The van der Waals surface area contributed by atoms with Crippen LogP contribution in [0.4, 0.5) is 4.39 Å². The molecule has 110 valence electrons. The van der Waals surface area contributed by atoms with E-state index in [1.807, 2.05) is 29.4 Å². The molecule has 0 spiro atoms. The SMILES string of the molecule is Cc1cc(C(=O)N2CCCC2)c(C)n1-c1ccccc1F. The van der Waals surface area contributed by atoms with E-state index in [9.17, 15) is 9.18 Å². The molecular formula is C17H19FN2O. The van der Waals surface area contributed by atoms with Crippen LogP contribution < -0.4 is 0 Å². The van der Waals surface area contributed by atoms with Gasteiger partial charge >= 0.3 is 0 Å². The van der Waals surface area contributed by atoms with Crippen LogP contribution in [0.2, 0.25) is 0 Å². The van der Waals surface area contributed by atoms with Crippen LogP contribution in [0.15, 0.2) is 30.3 Å². The fourth-order valence-corrected chi connectivity index (χ4v) is 3.07. The van der Waals surface area contributed by atoms with E-state index in [4.69, 9.17) is 0 Å².